The Balaban J connectivity index is 1.53. The molecule has 6 nitrogen and oxygen atoms in total. The number of imide groups is 1. The molecule has 0 fully saturated rings. The number of halogens is 2. The number of hydrogen-bond acceptors (Lipinski definition) is 4. The molecule has 8 heteroatoms. The van der Waals surface area contributed by atoms with Crippen LogP contribution in [0.2, 0.25) is 10.0 Å². The summed E-state index contributed by atoms with van der Waals surface area (Å²) in [5.41, 5.74) is 3.46. The molecule has 0 aliphatic heterocycles. The number of urea groups is 1. The maximum absolute atomic E-state index is 12.2. The Bertz CT molecular complexity index is 1130. The predicted octanol–water partition coefficient (Wildman–Crippen LogP) is 6.68. The van der Waals surface area contributed by atoms with Crippen LogP contribution in [0.25, 0.3) is 0 Å². The van der Waals surface area contributed by atoms with Gasteiger partial charge in [-0.2, -0.15) is 0 Å². The maximum Gasteiger partial charge on any atom is 0.326 e. The first kappa shape index (κ1) is 24.3. The van der Waals surface area contributed by atoms with Crippen LogP contribution in [0.3, 0.4) is 0 Å². The van der Waals surface area contributed by atoms with Crippen LogP contribution in [0.1, 0.15) is 41.3 Å². The van der Waals surface area contributed by atoms with Crippen molar-refractivity contribution in [3.8, 4) is 0 Å². The van der Waals surface area contributed by atoms with Gasteiger partial charge in [0.2, 0.25) is 0 Å². The monoisotopic (exact) mass is 483 g/mol. The van der Waals surface area contributed by atoms with Crippen LogP contribution in [-0.2, 0) is 11.4 Å². The summed E-state index contributed by atoms with van der Waals surface area (Å²) in [4.78, 5) is 29.8. The highest BCUT2D eigenvalue weighted by molar-refractivity contribution is 6.34. The van der Waals surface area contributed by atoms with Crippen LogP contribution in [0.15, 0.2) is 78.0 Å². The number of oxime groups is 1. The smallest absolute Gasteiger partial charge is 0.326 e. The van der Waals surface area contributed by atoms with Gasteiger partial charge in [0.25, 0.3) is 5.91 Å². The summed E-state index contributed by atoms with van der Waals surface area (Å²) in [6.45, 7) is 2.35. The van der Waals surface area contributed by atoms with E-state index in [0.29, 0.717) is 10.7 Å². The molecule has 0 heterocycles. The molecule has 3 aromatic carbocycles. The molecular formula is C25H23Cl2N3O3. The van der Waals surface area contributed by atoms with Crippen LogP contribution in [0.5, 0.6) is 0 Å². The van der Waals surface area contributed by atoms with Gasteiger partial charge in [-0.05, 0) is 53.9 Å². The largest absolute Gasteiger partial charge is 0.391 e. The lowest BCUT2D eigenvalue weighted by Crippen LogP contribution is -2.34. The van der Waals surface area contributed by atoms with E-state index >= 15 is 0 Å². The van der Waals surface area contributed by atoms with Gasteiger partial charge < -0.3 is 10.2 Å². The first-order chi connectivity index (χ1) is 16.0. The van der Waals surface area contributed by atoms with Crippen molar-refractivity contribution in [2.75, 3.05) is 5.32 Å². The van der Waals surface area contributed by atoms with Crippen LogP contribution < -0.4 is 10.6 Å². The topological polar surface area (TPSA) is 79.8 Å². The van der Waals surface area contributed by atoms with E-state index < -0.39 is 11.9 Å². The molecule has 3 amide bonds. The number of carbonyl (C=O) groups excluding carboxylic acids is 2. The summed E-state index contributed by atoms with van der Waals surface area (Å²) < 4.78 is 0. The molecular weight excluding hydrogens is 461 g/mol. The van der Waals surface area contributed by atoms with E-state index in [2.05, 4.69) is 22.7 Å². The van der Waals surface area contributed by atoms with Gasteiger partial charge in [-0.25, -0.2) is 4.79 Å². The number of anilines is 1. The quantitative estimate of drug-likeness (QED) is 0.277. The van der Waals surface area contributed by atoms with E-state index in [0.717, 1.165) is 29.7 Å². The molecule has 0 aliphatic carbocycles. The maximum atomic E-state index is 12.2. The van der Waals surface area contributed by atoms with E-state index in [4.69, 9.17) is 28.0 Å². The number of carbonyl (C=O) groups is 2. The second kappa shape index (κ2) is 12.0. The number of hydrogen-bond donors (Lipinski definition) is 2. The molecule has 3 rings (SSSR count). The highest BCUT2D eigenvalue weighted by Gasteiger charge is 2.13. The normalized spacial score (nSPS) is 11.1. The Kier molecular flexibility index (Phi) is 8.87. The van der Waals surface area contributed by atoms with Crippen molar-refractivity contribution in [2.45, 2.75) is 26.4 Å². The van der Waals surface area contributed by atoms with Crippen LogP contribution in [0.4, 0.5) is 10.5 Å². The van der Waals surface area contributed by atoms with Gasteiger partial charge >= 0.3 is 6.03 Å². The Labute approximate surface area is 202 Å². The SMILES string of the molecule is CCCC(=NOCc1ccc(NC(=O)NC(=O)c2ccccc2Cl)cc1)c1ccc(Cl)cc1. The van der Waals surface area contributed by atoms with Crippen LogP contribution >= 0.6 is 23.2 Å². The van der Waals surface area contributed by atoms with Crippen LogP contribution in [-0.4, -0.2) is 17.6 Å². The fraction of sp³-hybridized carbons (Fsp3) is 0.160. The van der Waals surface area contributed by atoms with Gasteiger partial charge in [-0.15, -0.1) is 0 Å². The van der Waals surface area contributed by atoms with Crippen molar-refractivity contribution < 1.29 is 14.4 Å². The lowest BCUT2D eigenvalue weighted by molar-refractivity contribution is 0.0967. The van der Waals surface area contributed by atoms with Crippen molar-refractivity contribution in [3.05, 3.63) is 99.5 Å². The molecule has 0 unspecified atom stereocenters. The van der Waals surface area contributed by atoms with Crippen molar-refractivity contribution >= 4 is 46.5 Å². The third-order valence-corrected chi connectivity index (χ3v) is 5.21. The standard InChI is InChI=1S/C25H23Cl2N3O3/c1-2-5-23(18-10-12-19(26)13-11-18)30-33-16-17-8-14-20(15-9-17)28-25(32)29-24(31)21-6-3-4-7-22(21)27/h3-4,6-15H,2,5,16H2,1H3,(H2,28,29,31,32). The van der Waals surface area contributed by atoms with Crippen molar-refractivity contribution in [2.24, 2.45) is 5.16 Å². The number of benzene rings is 3. The number of rotatable bonds is 8. The van der Waals surface area contributed by atoms with Gasteiger partial charge in [0.05, 0.1) is 16.3 Å². The zero-order chi connectivity index (χ0) is 23.6. The van der Waals surface area contributed by atoms with E-state index in [-0.39, 0.29) is 17.2 Å². The van der Waals surface area contributed by atoms with Crippen molar-refractivity contribution in [1.29, 1.82) is 0 Å². The minimum atomic E-state index is -0.652. The highest BCUT2D eigenvalue weighted by atomic mass is 35.5. The molecule has 170 valence electrons. The Morgan fingerprint density at radius 1 is 0.939 bits per heavy atom. The Morgan fingerprint density at radius 3 is 2.30 bits per heavy atom. The molecule has 0 atom stereocenters. The van der Waals surface area contributed by atoms with Crippen LogP contribution in [0, 0.1) is 0 Å². The van der Waals surface area contributed by atoms with Gasteiger partial charge in [0, 0.05) is 10.7 Å². The molecule has 0 spiro atoms. The summed E-state index contributed by atoms with van der Waals surface area (Å²) >= 11 is 11.9. The molecule has 2 N–H and O–H groups in total. The highest BCUT2D eigenvalue weighted by Crippen LogP contribution is 2.16. The first-order valence-electron chi connectivity index (χ1n) is 10.4. The summed E-state index contributed by atoms with van der Waals surface area (Å²) in [6, 6.07) is 20.4. The van der Waals surface area contributed by atoms with Gasteiger partial charge in [0.1, 0.15) is 6.61 Å². The minimum absolute atomic E-state index is 0.225. The molecule has 33 heavy (non-hydrogen) atoms. The second-order valence-electron chi connectivity index (χ2n) is 7.15. The fourth-order valence-electron chi connectivity index (χ4n) is 2.97. The molecule has 0 saturated carbocycles. The summed E-state index contributed by atoms with van der Waals surface area (Å²) in [7, 11) is 0. The zero-order valence-corrected chi connectivity index (χ0v) is 19.5. The zero-order valence-electron chi connectivity index (χ0n) is 18.0. The predicted molar refractivity (Wildman–Crippen MR) is 132 cm³/mol. The van der Waals surface area contributed by atoms with Gasteiger partial charge in [-0.1, -0.05) is 78.1 Å². The van der Waals surface area contributed by atoms with E-state index in [1.807, 2.05) is 36.4 Å². The second-order valence-corrected chi connectivity index (χ2v) is 8.00. The van der Waals surface area contributed by atoms with Crippen molar-refractivity contribution in [1.82, 2.24) is 5.32 Å². The summed E-state index contributed by atoms with van der Waals surface area (Å²) in [6.07, 6.45) is 1.72. The summed E-state index contributed by atoms with van der Waals surface area (Å²) in [5, 5.41) is 10.1. The number of nitrogens with zero attached hydrogens (tertiary/aromatic N) is 1. The lowest BCUT2D eigenvalue weighted by atomic mass is 10.1. The molecule has 0 aliphatic rings. The van der Waals surface area contributed by atoms with E-state index in [9.17, 15) is 9.59 Å². The number of amides is 3. The minimum Gasteiger partial charge on any atom is -0.391 e. The molecule has 3 aromatic rings. The van der Waals surface area contributed by atoms with E-state index in [1.54, 1.807) is 36.4 Å². The number of nitrogens with one attached hydrogen (secondary N) is 2. The average molecular weight is 484 g/mol. The fourth-order valence-corrected chi connectivity index (χ4v) is 3.32. The third kappa shape index (κ3) is 7.34. The lowest BCUT2D eigenvalue weighted by Gasteiger charge is -2.09. The molecule has 0 radical (unpaired) electrons. The Morgan fingerprint density at radius 2 is 1.64 bits per heavy atom. The van der Waals surface area contributed by atoms with Crippen molar-refractivity contribution in [3.63, 3.8) is 0 Å². The summed E-state index contributed by atoms with van der Waals surface area (Å²) in [5.74, 6) is -0.579. The van der Waals surface area contributed by atoms with Gasteiger partial charge in [0.15, 0.2) is 0 Å². The van der Waals surface area contributed by atoms with Gasteiger partial charge in [-0.3, -0.25) is 10.1 Å². The molecule has 0 aromatic heterocycles. The average Bonchev–Trinajstić information content (AvgIpc) is 2.80. The Hall–Kier alpha value is -3.35. The molecule has 0 bridgehead atoms. The first-order valence-corrected chi connectivity index (χ1v) is 11.1. The molecule has 0 saturated heterocycles. The third-order valence-electron chi connectivity index (χ3n) is 4.63. The van der Waals surface area contributed by atoms with E-state index in [1.165, 1.54) is 0 Å².